The first-order chi connectivity index (χ1) is 9.27. The highest BCUT2D eigenvalue weighted by Gasteiger charge is 2.24. The summed E-state index contributed by atoms with van der Waals surface area (Å²) in [7, 11) is 0. The van der Waals surface area contributed by atoms with Gasteiger partial charge in [0.1, 0.15) is 0 Å². The van der Waals surface area contributed by atoms with E-state index in [9.17, 15) is 9.59 Å². The van der Waals surface area contributed by atoms with Gasteiger partial charge in [-0.15, -0.1) is 0 Å². The Bertz CT molecular complexity index is 298. The number of amides is 1. The Labute approximate surface area is 122 Å². The van der Waals surface area contributed by atoms with Crippen LogP contribution in [0.1, 0.15) is 59.3 Å². The molecule has 1 amide bonds. The van der Waals surface area contributed by atoms with Crippen molar-refractivity contribution in [1.29, 1.82) is 0 Å². The minimum Gasteiger partial charge on any atom is -0.481 e. The molecule has 0 spiro atoms. The topological polar surface area (TPSA) is 92.4 Å². The zero-order chi connectivity index (χ0) is 15.6. The summed E-state index contributed by atoms with van der Waals surface area (Å²) in [5.41, 5.74) is 5.44. The molecular formula is C15H30N2O3. The summed E-state index contributed by atoms with van der Waals surface area (Å²) >= 11 is 0. The molecule has 0 saturated carbocycles. The van der Waals surface area contributed by atoms with Crippen LogP contribution >= 0.6 is 0 Å². The highest BCUT2D eigenvalue weighted by atomic mass is 16.4. The van der Waals surface area contributed by atoms with Crippen molar-refractivity contribution in [1.82, 2.24) is 5.32 Å². The van der Waals surface area contributed by atoms with E-state index in [-0.39, 0.29) is 17.7 Å². The molecule has 0 heterocycles. The van der Waals surface area contributed by atoms with Gasteiger partial charge in [0.15, 0.2) is 0 Å². The van der Waals surface area contributed by atoms with Gasteiger partial charge in [-0.2, -0.15) is 0 Å². The lowest BCUT2D eigenvalue weighted by Crippen LogP contribution is -2.29. The number of carbonyl (C=O) groups is 2. The third-order valence-corrected chi connectivity index (χ3v) is 3.60. The van der Waals surface area contributed by atoms with Gasteiger partial charge in [-0.05, 0) is 43.6 Å². The molecule has 0 aromatic rings. The number of nitrogens with one attached hydrogen (secondary N) is 1. The normalized spacial score (nSPS) is 13.0. The molecule has 0 aliphatic rings. The molecule has 0 bridgehead atoms. The Hall–Kier alpha value is -1.10. The fourth-order valence-electron chi connectivity index (χ4n) is 2.21. The summed E-state index contributed by atoms with van der Waals surface area (Å²) in [6.07, 6.45) is 3.88. The van der Waals surface area contributed by atoms with E-state index < -0.39 is 5.97 Å². The average Bonchev–Trinajstić information content (AvgIpc) is 2.31. The van der Waals surface area contributed by atoms with Crippen molar-refractivity contribution >= 4 is 11.9 Å². The smallest absolute Gasteiger partial charge is 0.303 e. The highest BCUT2D eigenvalue weighted by molar-refractivity contribution is 5.75. The number of carboxylic acid groups (broad SMARTS) is 1. The molecule has 4 N–H and O–H groups in total. The van der Waals surface area contributed by atoms with Crippen LogP contribution in [0.4, 0.5) is 0 Å². The summed E-state index contributed by atoms with van der Waals surface area (Å²) in [6, 6.07) is 0. The summed E-state index contributed by atoms with van der Waals surface area (Å²) in [5.74, 6) is -0.405. The number of rotatable bonds is 10. The van der Waals surface area contributed by atoms with Crippen molar-refractivity contribution < 1.29 is 14.7 Å². The SMILES string of the molecule is CC(C)(C)C(CCNC(=O)CCCCN)CCC(=O)O. The second-order valence-electron chi connectivity index (χ2n) is 6.38. The van der Waals surface area contributed by atoms with Crippen LogP contribution in [0.2, 0.25) is 0 Å². The minimum absolute atomic E-state index is 0.0553. The van der Waals surface area contributed by atoms with Crippen LogP contribution in [0.25, 0.3) is 0 Å². The van der Waals surface area contributed by atoms with Crippen molar-refractivity contribution in [3.05, 3.63) is 0 Å². The molecule has 0 fully saturated rings. The Morgan fingerprint density at radius 2 is 1.80 bits per heavy atom. The van der Waals surface area contributed by atoms with Gasteiger partial charge in [-0.1, -0.05) is 20.8 Å². The van der Waals surface area contributed by atoms with Crippen LogP contribution in [-0.4, -0.2) is 30.1 Å². The van der Waals surface area contributed by atoms with Gasteiger partial charge in [0.25, 0.3) is 0 Å². The lowest BCUT2D eigenvalue weighted by molar-refractivity contribution is -0.137. The van der Waals surface area contributed by atoms with Crippen LogP contribution in [0.15, 0.2) is 0 Å². The van der Waals surface area contributed by atoms with Gasteiger partial charge in [0.2, 0.25) is 5.91 Å². The number of hydrogen-bond donors (Lipinski definition) is 3. The molecule has 5 heteroatoms. The summed E-state index contributed by atoms with van der Waals surface area (Å²) in [6.45, 7) is 7.57. The van der Waals surface area contributed by atoms with E-state index in [2.05, 4.69) is 26.1 Å². The maximum absolute atomic E-state index is 11.6. The standard InChI is InChI=1S/C15H30N2O3/c1-15(2,3)12(7-8-14(19)20)9-11-17-13(18)6-4-5-10-16/h12H,4-11,16H2,1-3H3,(H,17,18)(H,19,20). The van der Waals surface area contributed by atoms with E-state index in [0.717, 1.165) is 19.3 Å². The maximum Gasteiger partial charge on any atom is 0.303 e. The van der Waals surface area contributed by atoms with Gasteiger partial charge in [0.05, 0.1) is 0 Å². The van der Waals surface area contributed by atoms with E-state index in [4.69, 9.17) is 10.8 Å². The predicted molar refractivity (Wildman–Crippen MR) is 80.3 cm³/mol. The number of carbonyl (C=O) groups excluding carboxylic acids is 1. The zero-order valence-electron chi connectivity index (χ0n) is 13.1. The maximum atomic E-state index is 11.6. The average molecular weight is 286 g/mol. The van der Waals surface area contributed by atoms with E-state index in [1.807, 2.05) is 0 Å². The number of nitrogens with two attached hydrogens (primary N) is 1. The summed E-state index contributed by atoms with van der Waals surface area (Å²) < 4.78 is 0. The van der Waals surface area contributed by atoms with Crippen LogP contribution in [0.3, 0.4) is 0 Å². The van der Waals surface area contributed by atoms with Crippen molar-refractivity contribution in [2.24, 2.45) is 17.1 Å². The molecule has 0 radical (unpaired) electrons. The van der Waals surface area contributed by atoms with Crippen molar-refractivity contribution in [3.63, 3.8) is 0 Å². The van der Waals surface area contributed by atoms with Crippen LogP contribution in [0.5, 0.6) is 0 Å². The van der Waals surface area contributed by atoms with Crippen LogP contribution in [0, 0.1) is 11.3 Å². The molecule has 0 aromatic carbocycles. The predicted octanol–water partition coefficient (Wildman–Crippen LogP) is 2.15. The molecule has 5 nitrogen and oxygen atoms in total. The third kappa shape index (κ3) is 9.78. The quantitative estimate of drug-likeness (QED) is 0.536. The second-order valence-corrected chi connectivity index (χ2v) is 6.38. The van der Waals surface area contributed by atoms with E-state index in [1.165, 1.54) is 0 Å². The van der Waals surface area contributed by atoms with Gasteiger partial charge in [0, 0.05) is 19.4 Å². The third-order valence-electron chi connectivity index (χ3n) is 3.60. The first-order valence-electron chi connectivity index (χ1n) is 7.46. The number of unbranched alkanes of at least 4 members (excludes halogenated alkanes) is 1. The lowest BCUT2D eigenvalue weighted by Gasteiger charge is -2.30. The molecule has 0 aromatic heterocycles. The van der Waals surface area contributed by atoms with E-state index in [0.29, 0.717) is 31.8 Å². The van der Waals surface area contributed by atoms with Gasteiger partial charge < -0.3 is 16.2 Å². The minimum atomic E-state index is -0.759. The fourth-order valence-corrected chi connectivity index (χ4v) is 2.21. The van der Waals surface area contributed by atoms with Gasteiger partial charge >= 0.3 is 5.97 Å². The first kappa shape index (κ1) is 18.9. The molecule has 1 unspecified atom stereocenters. The number of carboxylic acids is 1. The molecule has 0 aliphatic heterocycles. The molecule has 1 atom stereocenters. The van der Waals surface area contributed by atoms with E-state index >= 15 is 0 Å². The fraction of sp³-hybridized carbons (Fsp3) is 0.867. The Balaban J connectivity index is 4.01. The van der Waals surface area contributed by atoms with Crippen molar-refractivity contribution in [2.75, 3.05) is 13.1 Å². The van der Waals surface area contributed by atoms with Gasteiger partial charge in [-0.25, -0.2) is 0 Å². The zero-order valence-corrected chi connectivity index (χ0v) is 13.1. The Kier molecular flexibility index (Phi) is 9.21. The Morgan fingerprint density at radius 1 is 1.15 bits per heavy atom. The summed E-state index contributed by atoms with van der Waals surface area (Å²) in [4.78, 5) is 22.2. The number of aliphatic carboxylic acids is 1. The van der Waals surface area contributed by atoms with Gasteiger partial charge in [-0.3, -0.25) is 9.59 Å². The molecular weight excluding hydrogens is 256 g/mol. The molecule has 0 aliphatic carbocycles. The molecule has 0 rings (SSSR count). The van der Waals surface area contributed by atoms with Crippen LogP contribution < -0.4 is 11.1 Å². The summed E-state index contributed by atoms with van der Waals surface area (Å²) in [5, 5.41) is 11.7. The van der Waals surface area contributed by atoms with Crippen molar-refractivity contribution in [3.8, 4) is 0 Å². The highest BCUT2D eigenvalue weighted by Crippen LogP contribution is 2.32. The molecule has 0 saturated heterocycles. The van der Waals surface area contributed by atoms with E-state index in [1.54, 1.807) is 0 Å². The monoisotopic (exact) mass is 286 g/mol. The first-order valence-corrected chi connectivity index (χ1v) is 7.46. The molecule has 118 valence electrons. The Morgan fingerprint density at radius 3 is 2.30 bits per heavy atom. The lowest BCUT2D eigenvalue weighted by atomic mass is 9.76. The molecule has 20 heavy (non-hydrogen) atoms. The van der Waals surface area contributed by atoms with Crippen LogP contribution in [-0.2, 0) is 9.59 Å². The second kappa shape index (κ2) is 9.75. The number of hydrogen-bond acceptors (Lipinski definition) is 3. The largest absolute Gasteiger partial charge is 0.481 e. The van der Waals surface area contributed by atoms with Crippen molar-refractivity contribution in [2.45, 2.75) is 59.3 Å².